The number of hydrogen-bond donors (Lipinski definition) is 2. The third kappa shape index (κ3) is 4.21. The van der Waals surface area contributed by atoms with Gasteiger partial charge in [-0.15, -0.1) is 0 Å². The Labute approximate surface area is 177 Å². The van der Waals surface area contributed by atoms with E-state index in [1.807, 2.05) is 30.5 Å². The minimum Gasteiger partial charge on any atom is -0.370 e. The molecule has 7 nitrogen and oxygen atoms in total. The molecule has 7 heteroatoms. The van der Waals surface area contributed by atoms with E-state index in [0.717, 1.165) is 41.8 Å². The SMILES string of the molecule is C=C(CN=C(N)N)Cn1c(CN(C)C2CCCc3cccnc32)nc2ccccc21. The van der Waals surface area contributed by atoms with Crippen LogP contribution < -0.4 is 11.5 Å². The molecule has 156 valence electrons. The molecule has 0 fully saturated rings. The fourth-order valence-corrected chi connectivity index (χ4v) is 4.25. The maximum absolute atomic E-state index is 5.48. The number of guanidine groups is 1. The molecule has 4 rings (SSSR count). The van der Waals surface area contributed by atoms with Crippen LogP contribution in [0.2, 0.25) is 0 Å². The highest BCUT2D eigenvalue weighted by Gasteiger charge is 2.26. The van der Waals surface area contributed by atoms with E-state index < -0.39 is 0 Å². The predicted octanol–water partition coefficient (Wildman–Crippen LogP) is 2.77. The Bertz CT molecular complexity index is 1080. The molecule has 0 aliphatic heterocycles. The standard InChI is InChI=1S/C23H29N7/c1-16(13-27-23(24)25)14-30-19-10-4-3-9-18(19)28-21(30)15-29(2)20-11-5-7-17-8-6-12-26-22(17)20/h3-4,6,8-10,12,20H,1,5,7,11,13-15H2,2H3,(H4,24,25,27). The summed E-state index contributed by atoms with van der Waals surface area (Å²) >= 11 is 0. The van der Waals surface area contributed by atoms with Crippen LogP contribution >= 0.6 is 0 Å². The van der Waals surface area contributed by atoms with Crippen LogP contribution in [0.3, 0.4) is 0 Å². The molecule has 0 bridgehead atoms. The molecule has 0 amide bonds. The minimum absolute atomic E-state index is 0.0788. The number of rotatable bonds is 7. The molecule has 2 heterocycles. The lowest BCUT2D eigenvalue weighted by atomic mass is 9.91. The maximum Gasteiger partial charge on any atom is 0.186 e. The van der Waals surface area contributed by atoms with Crippen molar-refractivity contribution in [2.75, 3.05) is 13.6 Å². The zero-order valence-corrected chi connectivity index (χ0v) is 17.5. The van der Waals surface area contributed by atoms with Crippen molar-refractivity contribution in [1.82, 2.24) is 19.4 Å². The number of aromatic nitrogens is 3. The van der Waals surface area contributed by atoms with Crippen LogP contribution in [0.15, 0.2) is 59.7 Å². The Balaban J connectivity index is 1.61. The molecular formula is C23H29N7. The number of imidazole rings is 1. The highest BCUT2D eigenvalue weighted by molar-refractivity contribution is 5.76. The van der Waals surface area contributed by atoms with Crippen molar-refractivity contribution in [3.05, 3.63) is 71.8 Å². The molecule has 1 aromatic carbocycles. The van der Waals surface area contributed by atoms with Crippen LogP contribution in [0.4, 0.5) is 0 Å². The van der Waals surface area contributed by atoms with E-state index in [-0.39, 0.29) is 5.96 Å². The molecule has 30 heavy (non-hydrogen) atoms. The maximum atomic E-state index is 5.48. The lowest BCUT2D eigenvalue weighted by Gasteiger charge is -2.32. The Kier molecular flexibility index (Phi) is 5.81. The Morgan fingerprint density at radius 3 is 2.93 bits per heavy atom. The quantitative estimate of drug-likeness (QED) is 0.359. The lowest BCUT2D eigenvalue weighted by Crippen LogP contribution is -2.29. The molecule has 1 aliphatic rings. The zero-order chi connectivity index (χ0) is 21.1. The minimum atomic E-state index is 0.0788. The molecule has 2 aromatic heterocycles. The van der Waals surface area contributed by atoms with Crippen molar-refractivity contribution in [2.45, 2.75) is 38.4 Å². The van der Waals surface area contributed by atoms with Crippen LogP contribution in [0.1, 0.15) is 36.0 Å². The predicted molar refractivity (Wildman–Crippen MR) is 121 cm³/mol. The highest BCUT2D eigenvalue weighted by Crippen LogP contribution is 2.33. The number of nitrogens with zero attached hydrogens (tertiary/aromatic N) is 5. The number of hydrogen-bond acceptors (Lipinski definition) is 4. The number of pyridine rings is 1. The van der Waals surface area contributed by atoms with Gasteiger partial charge in [0.15, 0.2) is 5.96 Å². The van der Waals surface area contributed by atoms with Gasteiger partial charge in [0, 0.05) is 12.7 Å². The summed E-state index contributed by atoms with van der Waals surface area (Å²) in [6, 6.07) is 12.7. The van der Waals surface area contributed by atoms with Crippen molar-refractivity contribution >= 4 is 17.0 Å². The first-order chi connectivity index (χ1) is 14.5. The first-order valence-corrected chi connectivity index (χ1v) is 10.3. The zero-order valence-electron chi connectivity index (χ0n) is 17.5. The van der Waals surface area contributed by atoms with Gasteiger partial charge in [-0.05, 0) is 55.6 Å². The summed E-state index contributed by atoms with van der Waals surface area (Å²) in [5, 5.41) is 0. The number of para-hydroxylation sites is 2. The molecular weight excluding hydrogens is 374 g/mol. The van der Waals surface area contributed by atoms with E-state index in [4.69, 9.17) is 21.4 Å². The van der Waals surface area contributed by atoms with E-state index in [9.17, 15) is 0 Å². The van der Waals surface area contributed by atoms with Gasteiger partial charge in [0.25, 0.3) is 0 Å². The van der Waals surface area contributed by atoms with Gasteiger partial charge in [0.05, 0.1) is 35.9 Å². The van der Waals surface area contributed by atoms with E-state index in [2.05, 4.69) is 40.2 Å². The summed E-state index contributed by atoms with van der Waals surface area (Å²) in [6.07, 6.45) is 5.29. The Hall–Kier alpha value is -3.19. The molecule has 1 aliphatic carbocycles. The largest absolute Gasteiger partial charge is 0.370 e. The molecule has 1 unspecified atom stereocenters. The third-order valence-electron chi connectivity index (χ3n) is 5.69. The van der Waals surface area contributed by atoms with Gasteiger partial charge in [-0.25, -0.2) is 9.98 Å². The smallest absolute Gasteiger partial charge is 0.186 e. The normalized spacial score (nSPS) is 15.9. The molecule has 4 N–H and O–H groups in total. The van der Waals surface area contributed by atoms with Crippen molar-refractivity contribution in [2.24, 2.45) is 16.5 Å². The van der Waals surface area contributed by atoms with E-state index in [1.54, 1.807) is 0 Å². The van der Waals surface area contributed by atoms with Crippen molar-refractivity contribution in [3.8, 4) is 0 Å². The summed E-state index contributed by atoms with van der Waals surface area (Å²) in [6.45, 7) is 5.92. The molecule has 1 atom stereocenters. The number of fused-ring (bicyclic) bond motifs is 2. The average Bonchev–Trinajstić information content (AvgIpc) is 3.08. The summed E-state index contributed by atoms with van der Waals surface area (Å²) < 4.78 is 2.22. The van der Waals surface area contributed by atoms with Gasteiger partial charge in [-0.1, -0.05) is 24.8 Å². The first-order valence-electron chi connectivity index (χ1n) is 10.3. The fourth-order valence-electron chi connectivity index (χ4n) is 4.25. The molecule has 0 saturated carbocycles. The summed E-state index contributed by atoms with van der Waals surface area (Å²) in [5.74, 6) is 1.09. The molecule has 0 spiro atoms. The van der Waals surface area contributed by atoms with Crippen molar-refractivity contribution < 1.29 is 0 Å². The van der Waals surface area contributed by atoms with Gasteiger partial charge >= 0.3 is 0 Å². The van der Waals surface area contributed by atoms with Crippen molar-refractivity contribution in [1.29, 1.82) is 0 Å². The monoisotopic (exact) mass is 403 g/mol. The van der Waals surface area contributed by atoms with Gasteiger partial charge in [0.1, 0.15) is 5.82 Å². The van der Waals surface area contributed by atoms with Crippen LogP contribution in [0, 0.1) is 0 Å². The van der Waals surface area contributed by atoms with Crippen LogP contribution in [0.5, 0.6) is 0 Å². The molecule has 3 aromatic rings. The summed E-state index contributed by atoms with van der Waals surface area (Å²) in [4.78, 5) is 16.1. The summed E-state index contributed by atoms with van der Waals surface area (Å²) in [7, 11) is 2.16. The van der Waals surface area contributed by atoms with E-state index >= 15 is 0 Å². The topological polar surface area (TPSA) is 98.3 Å². The lowest BCUT2D eigenvalue weighted by molar-refractivity contribution is 0.202. The Morgan fingerprint density at radius 1 is 1.27 bits per heavy atom. The number of benzene rings is 1. The van der Waals surface area contributed by atoms with E-state index in [1.165, 1.54) is 17.7 Å². The highest BCUT2D eigenvalue weighted by atomic mass is 15.2. The fraction of sp³-hybridized carbons (Fsp3) is 0.348. The second-order valence-corrected chi connectivity index (χ2v) is 7.96. The molecule has 0 radical (unpaired) electrons. The third-order valence-corrected chi connectivity index (χ3v) is 5.69. The van der Waals surface area contributed by atoms with Crippen LogP contribution in [-0.2, 0) is 19.5 Å². The average molecular weight is 404 g/mol. The van der Waals surface area contributed by atoms with Crippen LogP contribution in [-0.4, -0.2) is 39.0 Å². The van der Waals surface area contributed by atoms with Gasteiger partial charge in [-0.3, -0.25) is 9.88 Å². The van der Waals surface area contributed by atoms with E-state index in [0.29, 0.717) is 19.1 Å². The molecule has 0 saturated heterocycles. The number of nitrogens with two attached hydrogens (primary N) is 2. The van der Waals surface area contributed by atoms with Gasteiger partial charge in [-0.2, -0.15) is 0 Å². The second-order valence-electron chi connectivity index (χ2n) is 7.96. The second kappa shape index (κ2) is 8.67. The van der Waals surface area contributed by atoms with Crippen molar-refractivity contribution in [3.63, 3.8) is 0 Å². The first kappa shape index (κ1) is 20.1. The van der Waals surface area contributed by atoms with Gasteiger partial charge in [0.2, 0.25) is 0 Å². The Morgan fingerprint density at radius 2 is 2.10 bits per heavy atom. The number of aliphatic imine (C=N–C) groups is 1. The van der Waals surface area contributed by atoms with Gasteiger partial charge < -0.3 is 16.0 Å². The van der Waals surface area contributed by atoms with Crippen LogP contribution in [0.25, 0.3) is 11.0 Å². The summed E-state index contributed by atoms with van der Waals surface area (Å²) in [5.41, 5.74) is 16.5. The number of aryl methyl sites for hydroxylation is 1.